The maximum Gasteiger partial charge on any atom is 0.241 e. The van der Waals surface area contributed by atoms with Crippen LogP contribution in [0.4, 0.5) is 4.39 Å². The van der Waals surface area contributed by atoms with Gasteiger partial charge in [-0.25, -0.2) is 17.5 Å². The highest BCUT2D eigenvalue weighted by Crippen LogP contribution is 2.15. The van der Waals surface area contributed by atoms with E-state index >= 15 is 0 Å². The smallest absolute Gasteiger partial charge is 0.241 e. The molecule has 134 valence electrons. The summed E-state index contributed by atoms with van der Waals surface area (Å²) in [5, 5.41) is 2.64. The van der Waals surface area contributed by atoms with E-state index < -0.39 is 28.3 Å². The highest BCUT2D eigenvalue weighted by atomic mass is 32.2. The van der Waals surface area contributed by atoms with Crippen molar-refractivity contribution >= 4 is 15.9 Å². The Labute approximate surface area is 146 Å². The predicted octanol–water partition coefficient (Wildman–Crippen LogP) is 1.74. The normalized spacial score (nSPS) is 11.4. The molecule has 1 heterocycles. The van der Waals surface area contributed by atoms with E-state index in [1.807, 2.05) is 19.9 Å². The molecule has 0 saturated heterocycles. The van der Waals surface area contributed by atoms with Crippen molar-refractivity contribution in [2.75, 3.05) is 6.54 Å². The minimum Gasteiger partial charge on any atom is -0.351 e. The van der Waals surface area contributed by atoms with Gasteiger partial charge in [-0.15, -0.1) is 0 Å². The average molecular weight is 365 g/mol. The number of nitrogens with one attached hydrogen (secondary N) is 2. The summed E-state index contributed by atoms with van der Waals surface area (Å²) in [5.41, 5.74) is 3.01. The molecule has 1 amide bonds. The molecule has 0 aliphatic carbocycles. The molecule has 2 N–H and O–H groups in total. The lowest BCUT2D eigenvalue weighted by Gasteiger charge is -2.11. The maximum atomic E-state index is 13.1. The van der Waals surface area contributed by atoms with Crippen molar-refractivity contribution in [3.63, 3.8) is 0 Å². The molecule has 0 atom stereocenters. The number of nitrogens with zero attached hydrogens (tertiary/aromatic N) is 1. The van der Waals surface area contributed by atoms with Gasteiger partial charge in [-0.3, -0.25) is 9.78 Å². The van der Waals surface area contributed by atoms with Gasteiger partial charge in [0.25, 0.3) is 0 Å². The number of hydrogen-bond acceptors (Lipinski definition) is 4. The Kier molecular flexibility index (Phi) is 5.86. The Bertz CT molecular complexity index is 898. The summed E-state index contributed by atoms with van der Waals surface area (Å²) in [6.45, 7) is 5.13. The number of sulfonamides is 1. The molecule has 1 aromatic carbocycles. The van der Waals surface area contributed by atoms with E-state index in [2.05, 4.69) is 15.0 Å². The van der Waals surface area contributed by atoms with Crippen molar-refractivity contribution in [2.45, 2.75) is 32.2 Å². The minimum atomic E-state index is -3.89. The fraction of sp³-hybridized carbons (Fsp3) is 0.294. The number of halogens is 1. The van der Waals surface area contributed by atoms with E-state index in [4.69, 9.17) is 0 Å². The van der Waals surface area contributed by atoms with Gasteiger partial charge < -0.3 is 5.32 Å². The summed E-state index contributed by atoms with van der Waals surface area (Å²) >= 11 is 0. The molecule has 6 nitrogen and oxygen atoms in total. The van der Waals surface area contributed by atoms with E-state index in [9.17, 15) is 17.6 Å². The summed E-state index contributed by atoms with van der Waals surface area (Å²) in [7, 11) is -3.89. The van der Waals surface area contributed by atoms with Crippen molar-refractivity contribution in [2.24, 2.45) is 0 Å². The van der Waals surface area contributed by atoms with Crippen LogP contribution in [-0.2, 0) is 21.4 Å². The van der Waals surface area contributed by atoms with E-state index in [1.165, 1.54) is 13.0 Å². The third-order valence-electron chi connectivity index (χ3n) is 3.68. The molecule has 0 aliphatic heterocycles. The van der Waals surface area contributed by atoms with Gasteiger partial charge in [-0.2, -0.15) is 0 Å². The molecule has 2 aromatic rings. The van der Waals surface area contributed by atoms with Gasteiger partial charge >= 0.3 is 0 Å². The number of aryl methyl sites for hydroxylation is 3. The monoisotopic (exact) mass is 365 g/mol. The summed E-state index contributed by atoms with van der Waals surface area (Å²) in [4.78, 5) is 16.0. The third kappa shape index (κ3) is 5.07. The molecule has 2 rings (SSSR count). The second-order valence-electron chi connectivity index (χ2n) is 5.76. The van der Waals surface area contributed by atoms with Crippen LogP contribution in [0.5, 0.6) is 0 Å². The van der Waals surface area contributed by atoms with Crippen LogP contribution >= 0.6 is 0 Å². The van der Waals surface area contributed by atoms with E-state index in [0.29, 0.717) is 0 Å². The molecule has 0 aliphatic rings. The second-order valence-corrected chi connectivity index (χ2v) is 7.50. The molecule has 0 unspecified atom stereocenters. The lowest BCUT2D eigenvalue weighted by molar-refractivity contribution is -0.120. The van der Waals surface area contributed by atoms with Gasteiger partial charge in [0.1, 0.15) is 5.82 Å². The Hall–Kier alpha value is -2.32. The topological polar surface area (TPSA) is 88.2 Å². The first-order valence-corrected chi connectivity index (χ1v) is 9.12. The summed E-state index contributed by atoms with van der Waals surface area (Å²) in [5.74, 6) is -0.986. The molecule has 1 aromatic heterocycles. The van der Waals surface area contributed by atoms with Crippen molar-refractivity contribution < 1.29 is 17.6 Å². The summed E-state index contributed by atoms with van der Waals surface area (Å²) in [6, 6.07) is 5.27. The molecule has 0 bridgehead atoms. The Morgan fingerprint density at radius 1 is 1.16 bits per heavy atom. The number of carbonyl (C=O) groups excluding carboxylic acids is 1. The van der Waals surface area contributed by atoms with Crippen molar-refractivity contribution in [1.29, 1.82) is 0 Å². The van der Waals surface area contributed by atoms with Gasteiger partial charge in [0.15, 0.2) is 0 Å². The van der Waals surface area contributed by atoms with Crippen LogP contribution in [-0.4, -0.2) is 25.9 Å². The van der Waals surface area contributed by atoms with E-state index in [1.54, 1.807) is 6.20 Å². The molecule has 25 heavy (non-hydrogen) atoms. The fourth-order valence-corrected chi connectivity index (χ4v) is 3.53. The SMILES string of the molecule is Cc1cc(C)c(CNC(=O)CNS(=O)(=O)c2ccc(F)cc2C)cn1. The summed E-state index contributed by atoms with van der Waals surface area (Å²) in [6.07, 6.45) is 1.68. The average Bonchev–Trinajstić information content (AvgIpc) is 2.52. The van der Waals surface area contributed by atoms with Crippen LogP contribution in [0.3, 0.4) is 0 Å². The first kappa shape index (κ1) is 19.0. The predicted molar refractivity (Wildman–Crippen MR) is 91.9 cm³/mol. The maximum absolute atomic E-state index is 13.1. The first-order chi connectivity index (χ1) is 11.7. The number of benzene rings is 1. The molecule has 0 fully saturated rings. The second kappa shape index (κ2) is 7.71. The van der Waals surface area contributed by atoms with Crippen LogP contribution in [0.2, 0.25) is 0 Å². The number of rotatable bonds is 6. The lowest BCUT2D eigenvalue weighted by atomic mass is 10.1. The van der Waals surface area contributed by atoms with Crippen molar-refractivity contribution in [1.82, 2.24) is 15.0 Å². The van der Waals surface area contributed by atoms with Crippen molar-refractivity contribution in [3.05, 3.63) is 58.7 Å². The van der Waals surface area contributed by atoms with Crippen LogP contribution in [0.15, 0.2) is 35.4 Å². The highest BCUT2D eigenvalue weighted by Gasteiger charge is 2.18. The number of carbonyl (C=O) groups is 1. The van der Waals surface area contributed by atoms with Crippen molar-refractivity contribution in [3.8, 4) is 0 Å². The highest BCUT2D eigenvalue weighted by molar-refractivity contribution is 7.89. The number of hydrogen-bond donors (Lipinski definition) is 2. The van der Waals surface area contributed by atoms with Crippen LogP contribution in [0, 0.1) is 26.6 Å². The van der Waals surface area contributed by atoms with Crippen LogP contribution in [0.25, 0.3) is 0 Å². The zero-order chi connectivity index (χ0) is 18.6. The zero-order valence-electron chi connectivity index (χ0n) is 14.3. The third-order valence-corrected chi connectivity index (χ3v) is 5.24. The Balaban J connectivity index is 1.94. The Morgan fingerprint density at radius 2 is 1.88 bits per heavy atom. The largest absolute Gasteiger partial charge is 0.351 e. The fourth-order valence-electron chi connectivity index (χ4n) is 2.32. The molecule has 0 saturated carbocycles. The van der Waals surface area contributed by atoms with Crippen LogP contribution < -0.4 is 10.0 Å². The quantitative estimate of drug-likeness (QED) is 0.816. The lowest BCUT2D eigenvalue weighted by Crippen LogP contribution is -2.37. The molecule has 0 spiro atoms. The minimum absolute atomic E-state index is 0.0553. The standard InChI is InChI=1S/C17H20FN3O3S/c1-11-6-13(3)19-8-14(11)9-20-17(22)10-21-25(23,24)16-5-4-15(18)7-12(16)2/h4-8,21H,9-10H2,1-3H3,(H,20,22). The summed E-state index contributed by atoms with van der Waals surface area (Å²) < 4.78 is 39.7. The molecular formula is C17H20FN3O3S. The molecule has 0 radical (unpaired) electrons. The van der Waals surface area contributed by atoms with Gasteiger partial charge in [0, 0.05) is 18.4 Å². The molecular weight excluding hydrogens is 345 g/mol. The zero-order valence-corrected chi connectivity index (χ0v) is 15.1. The number of pyridine rings is 1. The Morgan fingerprint density at radius 3 is 2.52 bits per heavy atom. The van der Waals surface area contributed by atoms with Gasteiger partial charge in [0.2, 0.25) is 15.9 Å². The van der Waals surface area contributed by atoms with Gasteiger partial charge in [-0.1, -0.05) is 0 Å². The van der Waals surface area contributed by atoms with Gasteiger partial charge in [-0.05, 0) is 61.7 Å². The molecule has 8 heteroatoms. The van der Waals surface area contributed by atoms with E-state index in [-0.39, 0.29) is 17.0 Å². The van der Waals surface area contributed by atoms with Gasteiger partial charge in [0.05, 0.1) is 11.4 Å². The van der Waals surface area contributed by atoms with E-state index in [0.717, 1.165) is 29.0 Å². The number of amides is 1. The number of aromatic nitrogens is 1. The van der Waals surface area contributed by atoms with Crippen LogP contribution in [0.1, 0.15) is 22.4 Å². The first-order valence-electron chi connectivity index (χ1n) is 7.63.